The van der Waals surface area contributed by atoms with Crippen molar-refractivity contribution in [3.8, 4) is 67.5 Å². The van der Waals surface area contributed by atoms with E-state index < -0.39 is 6.71 Å². The van der Waals surface area contributed by atoms with Gasteiger partial charge in [-0.3, -0.25) is 29.9 Å². The third-order valence-electron chi connectivity index (χ3n) is 25.4. The molecule has 0 fully saturated rings. The molecule has 14 heteroatoms. The van der Waals surface area contributed by atoms with Gasteiger partial charge in [0.25, 0.3) is 13.4 Å². The zero-order valence-corrected chi connectivity index (χ0v) is 71.6. The third-order valence-corrected chi connectivity index (χ3v) is 25.4. The summed E-state index contributed by atoms with van der Waals surface area (Å²) >= 11 is 0. The molecule has 23 rings (SSSR count). The van der Waals surface area contributed by atoms with E-state index in [1.165, 1.54) is 0 Å². The van der Waals surface area contributed by atoms with Crippen molar-refractivity contribution in [2.24, 2.45) is 0 Å². The smallest absolute Gasteiger partial charge is 0.252 e. The van der Waals surface area contributed by atoms with Crippen LogP contribution in [0.2, 0.25) is 0 Å². The second kappa shape index (κ2) is 31.5. The van der Waals surface area contributed by atoms with Gasteiger partial charge in [0.1, 0.15) is 0 Å². The van der Waals surface area contributed by atoms with E-state index in [0.717, 1.165) is 237 Å². The minimum atomic E-state index is -0.416. The lowest BCUT2D eigenvalue weighted by Gasteiger charge is -2.48. The van der Waals surface area contributed by atoms with Gasteiger partial charge in [0.05, 0.1) is 74.0 Å². The van der Waals surface area contributed by atoms with Gasteiger partial charge in [-0.25, -0.2) is 0 Å². The Hall–Kier alpha value is -16.3. The fourth-order valence-electron chi connectivity index (χ4n) is 20.1. The molecule has 4 aliphatic heterocycles. The predicted molar refractivity (Wildman–Crippen MR) is 532 cm³/mol. The molecule has 0 unspecified atom stereocenters. The molecule has 19 aromatic rings. The molecule has 128 heavy (non-hydrogen) atoms. The molecule has 10 heterocycles. The number of benzene rings is 13. The highest BCUT2D eigenvalue weighted by molar-refractivity contribution is 7.03. The van der Waals surface area contributed by atoms with Crippen LogP contribution in [0.15, 0.2) is 400 Å². The summed E-state index contributed by atoms with van der Waals surface area (Å²) in [6.07, 6.45) is 0. The lowest BCUT2D eigenvalue weighted by molar-refractivity contribution is 1.18. The Morgan fingerprint density at radius 3 is 0.875 bits per heavy atom. The molecule has 606 valence electrons. The largest absolute Gasteiger partial charge is 0.311 e. The number of rotatable bonds is 16. The SMILES string of the molecule is Cc1cccc(-c2ccccc2N(c2ccccc2)c2cc3c4c(c2)N(c2ccccc2-c2cccc(C)n2)c2ccccc2B4c2cc4c(cc2N3c2ccccc2)N(c2c(-c3cccc(C)n3)cccc2-c2cccc(C)n2)c2cc(N(c3ccccc3)c3ccccc3-c3cccc(C)n3)cc3c2B4c2ccccc2N3c2ccccc2-c2cccc(C)n2)n1. The molecule has 12 nitrogen and oxygen atoms in total. The average molecular weight is 1640 g/mol. The van der Waals surface area contributed by atoms with Gasteiger partial charge in [0.2, 0.25) is 0 Å². The zero-order valence-electron chi connectivity index (χ0n) is 71.6. The Kier molecular flexibility index (Phi) is 18.8. The van der Waals surface area contributed by atoms with Crippen molar-refractivity contribution in [2.75, 3.05) is 29.4 Å². The molecule has 0 saturated heterocycles. The molecule has 0 atom stereocenters. The first-order valence-corrected chi connectivity index (χ1v) is 43.8. The number of nitrogens with zero attached hydrogens (tertiary/aromatic N) is 12. The number of fused-ring (bicyclic) bond motifs is 8. The molecule has 0 amide bonds. The van der Waals surface area contributed by atoms with E-state index in [-0.39, 0.29) is 6.71 Å². The summed E-state index contributed by atoms with van der Waals surface area (Å²) in [7, 11) is 0. The van der Waals surface area contributed by atoms with E-state index in [9.17, 15) is 0 Å². The molecule has 6 aromatic heterocycles. The molecule has 0 N–H and O–H groups in total. The van der Waals surface area contributed by atoms with Gasteiger partial charge >= 0.3 is 0 Å². The molecule has 0 radical (unpaired) electrons. The van der Waals surface area contributed by atoms with Crippen LogP contribution in [0.5, 0.6) is 0 Å². The fraction of sp³-hybridized carbons (Fsp3) is 0.0526. The third kappa shape index (κ3) is 13.0. The monoisotopic (exact) mass is 1640 g/mol. The van der Waals surface area contributed by atoms with Crippen LogP contribution in [-0.4, -0.2) is 43.3 Å². The van der Waals surface area contributed by atoms with Gasteiger partial charge in [-0.05, 0) is 250 Å². The van der Waals surface area contributed by atoms with Crippen LogP contribution in [0.25, 0.3) is 67.5 Å². The minimum Gasteiger partial charge on any atom is -0.311 e. The number of hydrogen-bond donors (Lipinski definition) is 0. The van der Waals surface area contributed by atoms with E-state index in [1.54, 1.807) is 0 Å². The summed E-state index contributed by atoms with van der Waals surface area (Å²) in [5.74, 6) is 0. The van der Waals surface area contributed by atoms with E-state index >= 15 is 0 Å². The summed E-state index contributed by atoms with van der Waals surface area (Å²) in [6.45, 7) is 11.7. The Bertz CT molecular complexity index is 7570. The highest BCUT2D eigenvalue weighted by Crippen LogP contribution is 2.57. The Balaban J connectivity index is 0.887. The average Bonchev–Trinajstić information content (AvgIpc) is 0.677. The van der Waals surface area contributed by atoms with E-state index in [1.807, 2.05) is 0 Å². The van der Waals surface area contributed by atoms with Crippen molar-refractivity contribution in [2.45, 2.75) is 41.5 Å². The fourth-order valence-corrected chi connectivity index (χ4v) is 20.1. The van der Waals surface area contributed by atoms with Crippen LogP contribution in [0.3, 0.4) is 0 Å². The number of hydrogen-bond acceptors (Lipinski definition) is 12. The van der Waals surface area contributed by atoms with E-state index in [4.69, 9.17) is 29.9 Å². The van der Waals surface area contributed by atoms with Gasteiger partial charge in [0.15, 0.2) is 0 Å². The Morgan fingerprint density at radius 2 is 0.484 bits per heavy atom. The van der Waals surface area contributed by atoms with Gasteiger partial charge in [-0.2, -0.15) is 0 Å². The van der Waals surface area contributed by atoms with Gasteiger partial charge in [-0.15, -0.1) is 0 Å². The highest BCUT2D eigenvalue weighted by atomic mass is 15.2. The van der Waals surface area contributed by atoms with Crippen LogP contribution in [0.1, 0.15) is 34.2 Å². The number of para-hydroxylation sites is 10. The van der Waals surface area contributed by atoms with Crippen LogP contribution >= 0.6 is 0 Å². The molecule has 0 bridgehead atoms. The van der Waals surface area contributed by atoms with Crippen LogP contribution in [0.4, 0.5) is 102 Å². The van der Waals surface area contributed by atoms with Crippen molar-refractivity contribution in [3.05, 3.63) is 435 Å². The van der Waals surface area contributed by atoms with Crippen molar-refractivity contribution >= 4 is 149 Å². The number of anilines is 18. The lowest BCUT2D eigenvalue weighted by Crippen LogP contribution is -2.65. The summed E-state index contributed by atoms with van der Waals surface area (Å²) in [5.41, 5.74) is 41.1. The zero-order chi connectivity index (χ0) is 85.8. The molecule has 0 saturated carbocycles. The minimum absolute atomic E-state index is 0.376. The van der Waals surface area contributed by atoms with Crippen molar-refractivity contribution in [1.82, 2.24) is 29.9 Å². The number of aromatic nitrogens is 6. The van der Waals surface area contributed by atoms with Gasteiger partial charge in [0, 0.05) is 130 Å². The second-order valence-corrected chi connectivity index (χ2v) is 33.5. The predicted octanol–water partition coefficient (Wildman–Crippen LogP) is 25.0. The number of aryl methyl sites for hydroxylation is 6. The maximum atomic E-state index is 5.57. The van der Waals surface area contributed by atoms with Crippen molar-refractivity contribution < 1.29 is 0 Å². The summed E-state index contributed by atoms with van der Waals surface area (Å²) < 4.78 is 0. The molecule has 0 aliphatic carbocycles. The summed E-state index contributed by atoms with van der Waals surface area (Å²) in [4.78, 5) is 47.6. The topological polar surface area (TPSA) is 96.8 Å². The Morgan fingerprint density at radius 1 is 0.195 bits per heavy atom. The van der Waals surface area contributed by atoms with E-state index in [0.29, 0.717) is 0 Å². The van der Waals surface area contributed by atoms with Crippen molar-refractivity contribution in [3.63, 3.8) is 0 Å². The normalized spacial score (nSPS) is 12.5. The van der Waals surface area contributed by atoms with Gasteiger partial charge < -0.3 is 29.4 Å². The molecule has 0 spiro atoms. The molecular weight excluding hydrogens is 1560 g/mol. The first kappa shape index (κ1) is 76.6. The lowest BCUT2D eigenvalue weighted by atomic mass is 9.30. The van der Waals surface area contributed by atoms with Crippen LogP contribution < -0.4 is 62.2 Å². The quantitative estimate of drug-likeness (QED) is 0.0862. The van der Waals surface area contributed by atoms with Crippen LogP contribution in [0, 0.1) is 41.5 Å². The Labute approximate surface area is 746 Å². The first-order chi connectivity index (χ1) is 63.0. The summed E-state index contributed by atoms with van der Waals surface area (Å²) in [6, 6.07) is 146. The molecule has 13 aromatic carbocycles. The number of pyridine rings is 6. The second-order valence-electron chi connectivity index (χ2n) is 33.5. The van der Waals surface area contributed by atoms with Gasteiger partial charge in [-0.1, -0.05) is 224 Å². The maximum absolute atomic E-state index is 5.57. The van der Waals surface area contributed by atoms with E-state index in [2.05, 4.69) is 471 Å². The molecule has 4 aliphatic rings. The van der Waals surface area contributed by atoms with Crippen molar-refractivity contribution in [1.29, 1.82) is 0 Å². The molecular formula is C114H84B2N12. The highest BCUT2D eigenvalue weighted by Gasteiger charge is 2.50. The summed E-state index contributed by atoms with van der Waals surface area (Å²) in [5, 5.41) is 0. The van der Waals surface area contributed by atoms with Crippen LogP contribution in [-0.2, 0) is 0 Å². The maximum Gasteiger partial charge on any atom is 0.252 e. The standard InChI is InChI=1S/C114H84B2N12/c1-73-35-28-55-94(117-73)84-47-16-22-61-100(84)123(79-41-10-7-11-42-79)82-67-108-112-109(68-82)126(102-63-24-18-49-86(102)96-57-30-37-75(3)119-96)104-65-26-20-53-90(104)115(112)92-71-93-107(72-106(92)125(108)81-45-14-9-15-46-81)128(114-88(98-59-32-39-77(5)121-98)51-34-52-89(114)99-60-33-40-78(6)122-99)111-70-83(124(80-43-12-8-13-44-80)101-62-23-17-48-85(101)95-56-29-36-74(2)118-95)69-110-113(111)116(93)91-54-21-27-66-105(91)127(110)103-64-25-19-50-87(103)97-58-31-38-76(4)120-97/h7-72H,1-6H3. The first-order valence-electron chi connectivity index (χ1n) is 43.8.